The molecule has 0 saturated carbocycles. The van der Waals surface area contributed by atoms with Crippen molar-refractivity contribution in [3.63, 3.8) is 0 Å². The van der Waals surface area contributed by atoms with Gasteiger partial charge in [0, 0.05) is 39.5 Å². The highest BCUT2D eigenvalue weighted by Crippen LogP contribution is 2.40. The SMILES string of the molecule is CCC1=C(C)c2nc1cc1[nH]c(cc3[nH]c(cc4[nH]c(cc5nc2C(C)=C5CC)c(C)c4CC)c(CCC(=O)O)c3C)c(CC)c1C. The maximum Gasteiger partial charge on any atom is 0.303 e. The molecule has 0 aliphatic carbocycles. The van der Waals surface area contributed by atoms with E-state index in [9.17, 15) is 9.90 Å². The quantitative estimate of drug-likeness (QED) is 0.163. The summed E-state index contributed by atoms with van der Waals surface area (Å²) in [6.07, 6.45) is 4.03. The Bertz CT molecular complexity index is 2220. The largest absolute Gasteiger partial charge is 0.481 e. The van der Waals surface area contributed by atoms with Crippen molar-refractivity contribution in [2.75, 3.05) is 0 Å². The van der Waals surface area contributed by atoms with E-state index in [1.54, 1.807) is 0 Å². The van der Waals surface area contributed by atoms with E-state index < -0.39 is 5.97 Å². The molecule has 7 heteroatoms. The van der Waals surface area contributed by atoms with Crippen LogP contribution in [0.5, 0.6) is 0 Å². The maximum atomic E-state index is 11.7. The first-order chi connectivity index (χ1) is 22.5. The third-order valence-corrected chi connectivity index (χ3v) is 10.4. The van der Waals surface area contributed by atoms with Gasteiger partial charge in [-0.15, -0.1) is 0 Å². The van der Waals surface area contributed by atoms with E-state index in [2.05, 4.69) is 102 Å². The lowest BCUT2D eigenvalue weighted by Crippen LogP contribution is -1.97. The minimum atomic E-state index is -0.798. The predicted octanol–water partition coefficient (Wildman–Crippen LogP) is 10.1. The number of rotatable bonds is 7. The van der Waals surface area contributed by atoms with Crippen LogP contribution in [0.4, 0.5) is 0 Å². The molecule has 244 valence electrons. The van der Waals surface area contributed by atoms with Crippen molar-refractivity contribution in [2.45, 2.75) is 101 Å². The van der Waals surface area contributed by atoms with Crippen LogP contribution in [0.1, 0.15) is 117 Å². The van der Waals surface area contributed by atoms with Crippen molar-refractivity contribution in [3.05, 3.63) is 80.4 Å². The number of nitrogens with one attached hydrogen (secondary N) is 3. The van der Waals surface area contributed by atoms with Gasteiger partial charge in [0.1, 0.15) is 0 Å². The van der Waals surface area contributed by atoms with Crippen LogP contribution in [0, 0.1) is 20.8 Å². The van der Waals surface area contributed by atoms with Crippen molar-refractivity contribution in [2.24, 2.45) is 0 Å². The van der Waals surface area contributed by atoms with Crippen LogP contribution >= 0.6 is 0 Å². The Labute approximate surface area is 277 Å². The smallest absolute Gasteiger partial charge is 0.303 e. The van der Waals surface area contributed by atoms with E-state index in [4.69, 9.17) is 9.97 Å². The molecule has 2 aliphatic heterocycles. The van der Waals surface area contributed by atoms with Crippen molar-refractivity contribution >= 4 is 61.4 Å². The Morgan fingerprint density at radius 1 is 0.574 bits per heavy atom. The molecule has 2 aliphatic rings. The molecule has 0 amide bonds. The van der Waals surface area contributed by atoms with Gasteiger partial charge in [-0.2, -0.15) is 0 Å². The van der Waals surface area contributed by atoms with E-state index >= 15 is 0 Å². The summed E-state index contributed by atoms with van der Waals surface area (Å²) < 4.78 is 0. The third kappa shape index (κ3) is 5.45. The van der Waals surface area contributed by atoms with Gasteiger partial charge in [-0.25, -0.2) is 9.97 Å². The van der Waals surface area contributed by atoms with E-state index in [1.165, 1.54) is 44.5 Å². The Morgan fingerprint density at radius 3 is 1.36 bits per heavy atom. The van der Waals surface area contributed by atoms with Crippen LogP contribution in [-0.2, 0) is 24.1 Å². The van der Waals surface area contributed by atoms with Crippen LogP contribution in [0.2, 0.25) is 0 Å². The van der Waals surface area contributed by atoms with Crippen molar-refractivity contribution in [1.29, 1.82) is 0 Å². The summed E-state index contributed by atoms with van der Waals surface area (Å²) in [7, 11) is 0. The molecule has 47 heavy (non-hydrogen) atoms. The molecule has 6 heterocycles. The number of carbonyl (C=O) groups is 1. The fourth-order valence-corrected chi connectivity index (χ4v) is 7.67. The lowest BCUT2D eigenvalue weighted by atomic mass is 9.99. The van der Waals surface area contributed by atoms with Gasteiger partial charge in [-0.05, 0) is 147 Å². The highest BCUT2D eigenvalue weighted by molar-refractivity contribution is 5.99. The zero-order valence-electron chi connectivity index (χ0n) is 29.3. The van der Waals surface area contributed by atoms with E-state index in [0.717, 1.165) is 92.7 Å². The molecule has 6 rings (SSSR count). The zero-order valence-corrected chi connectivity index (χ0v) is 29.3. The van der Waals surface area contributed by atoms with Gasteiger partial charge in [0.15, 0.2) is 0 Å². The molecular weight excluding hydrogens is 582 g/mol. The molecule has 4 N–H and O–H groups in total. The summed E-state index contributed by atoms with van der Waals surface area (Å²) >= 11 is 0. The van der Waals surface area contributed by atoms with Gasteiger partial charge in [-0.1, -0.05) is 27.7 Å². The first-order valence-electron chi connectivity index (χ1n) is 17.1. The minimum Gasteiger partial charge on any atom is -0.481 e. The Morgan fingerprint density at radius 2 is 0.957 bits per heavy atom. The monoisotopic (exact) mass is 629 g/mol. The van der Waals surface area contributed by atoms with Crippen molar-refractivity contribution in [3.8, 4) is 0 Å². The highest BCUT2D eigenvalue weighted by Gasteiger charge is 2.25. The molecule has 4 aromatic heterocycles. The van der Waals surface area contributed by atoms with E-state index in [-0.39, 0.29) is 6.42 Å². The second kappa shape index (κ2) is 12.5. The van der Waals surface area contributed by atoms with E-state index in [1.807, 2.05) is 0 Å². The average Bonchev–Trinajstić information content (AvgIpc) is 3.77. The normalized spacial score (nSPS) is 13.3. The molecule has 0 unspecified atom stereocenters. The molecule has 4 aromatic rings. The van der Waals surface area contributed by atoms with Crippen molar-refractivity contribution in [1.82, 2.24) is 24.9 Å². The Balaban J connectivity index is 1.83. The van der Waals surface area contributed by atoms with Gasteiger partial charge < -0.3 is 20.1 Å². The fraction of sp³-hybridized carbons (Fsp3) is 0.375. The van der Waals surface area contributed by atoms with Crippen LogP contribution in [0.3, 0.4) is 0 Å². The summed E-state index contributed by atoms with van der Waals surface area (Å²) in [4.78, 5) is 33.4. The van der Waals surface area contributed by atoms with Gasteiger partial charge >= 0.3 is 5.97 Å². The molecule has 10 bridgehead atoms. The fourth-order valence-electron chi connectivity index (χ4n) is 7.67. The molecular formula is C40H47N5O2. The summed E-state index contributed by atoms with van der Waals surface area (Å²) in [5, 5.41) is 9.60. The molecule has 0 spiro atoms. The minimum absolute atomic E-state index is 0.0707. The molecule has 0 aromatic carbocycles. The number of fused-ring (bicyclic) bond motifs is 11. The summed E-state index contributed by atoms with van der Waals surface area (Å²) in [6, 6.07) is 8.76. The third-order valence-electron chi connectivity index (χ3n) is 10.4. The molecule has 7 nitrogen and oxygen atoms in total. The zero-order chi connectivity index (χ0) is 33.7. The van der Waals surface area contributed by atoms with Crippen LogP contribution in [-0.4, -0.2) is 36.0 Å². The van der Waals surface area contributed by atoms with Crippen LogP contribution in [0.25, 0.3) is 55.4 Å². The second-order valence-corrected chi connectivity index (χ2v) is 13.0. The lowest BCUT2D eigenvalue weighted by molar-refractivity contribution is -0.136. The lowest BCUT2D eigenvalue weighted by Gasteiger charge is -2.02. The number of nitrogens with zero attached hydrogens (tertiary/aromatic N) is 2. The number of hydrogen-bond acceptors (Lipinski definition) is 3. The maximum absolute atomic E-state index is 11.7. The summed E-state index contributed by atoms with van der Waals surface area (Å²) in [5.41, 5.74) is 21.9. The molecule has 0 fully saturated rings. The average molecular weight is 630 g/mol. The molecule has 0 saturated heterocycles. The van der Waals surface area contributed by atoms with Gasteiger partial charge in [0.25, 0.3) is 0 Å². The number of allylic oxidation sites excluding steroid dienone is 4. The predicted molar refractivity (Wildman–Crippen MR) is 196 cm³/mol. The number of H-pyrrole nitrogens is 3. The summed E-state index contributed by atoms with van der Waals surface area (Å²) in [5.74, 6) is -0.798. The topological polar surface area (TPSA) is 110 Å². The number of carboxylic acid groups (broad SMARTS) is 1. The number of aryl methyl sites for hydroxylation is 6. The Hall–Kier alpha value is -4.65. The van der Waals surface area contributed by atoms with Gasteiger partial charge in [0.05, 0.1) is 22.8 Å². The second-order valence-electron chi connectivity index (χ2n) is 13.0. The standard InChI is InChI=1S/C40H47N5O2/c1-10-25-20(5)30-17-35-27(12-3)23(8)39(44-35)40-24(9)28(13-4)36(45-40)18-31-21(6)26(11-2)34(42-31)19-37-29(14-15-38(46)47)22(7)32(43-37)16-33(25)41-30/h16-19,41-43H,10-15H2,1-9H3,(H,46,47). The molecule has 0 radical (unpaired) electrons. The first-order valence-corrected chi connectivity index (χ1v) is 17.1. The first kappa shape index (κ1) is 32.3. The summed E-state index contributed by atoms with van der Waals surface area (Å²) in [6.45, 7) is 19.6. The number of aliphatic carboxylic acids is 1. The van der Waals surface area contributed by atoms with Crippen molar-refractivity contribution < 1.29 is 9.90 Å². The number of aromatic nitrogens is 5. The van der Waals surface area contributed by atoms with Gasteiger partial charge in [-0.3, -0.25) is 4.79 Å². The number of hydrogen-bond donors (Lipinski definition) is 4. The van der Waals surface area contributed by atoms with Gasteiger partial charge in [0.2, 0.25) is 0 Å². The molecule has 0 atom stereocenters. The number of aromatic amines is 3. The number of carboxylic acids is 1. The Kier molecular flexibility index (Phi) is 8.60. The van der Waals surface area contributed by atoms with E-state index in [0.29, 0.717) is 6.42 Å². The van der Waals surface area contributed by atoms with Crippen LogP contribution in [0.15, 0.2) is 24.3 Å². The highest BCUT2D eigenvalue weighted by atomic mass is 16.4. The van der Waals surface area contributed by atoms with Crippen LogP contribution < -0.4 is 0 Å².